The van der Waals surface area contributed by atoms with Gasteiger partial charge in [0.25, 0.3) is 10.0 Å². The number of carbonyl (C=O) groups excluding carboxylic acids is 2. The predicted molar refractivity (Wildman–Crippen MR) is 152 cm³/mol. The van der Waals surface area contributed by atoms with Gasteiger partial charge in [-0.25, -0.2) is 8.42 Å². The van der Waals surface area contributed by atoms with Crippen molar-refractivity contribution in [2.24, 2.45) is 0 Å². The number of sulfonamides is 1. The highest BCUT2D eigenvalue weighted by molar-refractivity contribution is 7.92. The van der Waals surface area contributed by atoms with Gasteiger partial charge in [0.2, 0.25) is 11.8 Å². The number of anilines is 1. The summed E-state index contributed by atoms with van der Waals surface area (Å²) in [5, 5.41) is 3.19. The van der Waals surface area contributed by atoms with E-state index in [0.29, 0.717) is 6.54 Å². The quantitative estimate of drug-likeness (QED) is 0.330. The number of aryl methyl sites for hydroxylation is 1. The molecule has 10 heteroatoms. The van der Waals surface area contributed by atoms with Gasteiger partial charge in [-0.2, -0.15) is 0 Å². The number of benzene rings is 3. The van der Waals surface area contributed by atoms with Gasteiger partial charge in [0.15, 0.2) is 0 Å². The highest BCUT2D eigenvalue weighted by Gasteiger charge is 2.33. The fourth-order valence-corrected chi connectivity index (χ4v) is 5.74. The van der Waals surface area contributed by atoms with E-state index in [9.17, 15) is 18.0 Å². The molecule has 1 atom stereocenters. The number of halogens is 2. The summed E-state index contributed by atoms with van der Waals surface area (Å²) < 4.78 is 28.5. The Kier molecular flexibility index (Phi) is 10.2. The van der Waals surface area contributed by atoms with Gasteiger partial charge >= 0.3 is 0 Å². The number of nitrogens with zero attached hydrogens (tertiary/aromatic N) is 2. The minimum absolute atomic E-state index is 0.0111. The molecule has 1 N–H and O–H groups in total. The van der Waals surface area contributed by atoms with Gasteiger partial charge < -0.3 is 10.2 Å². The van der Waals surface area contributed by atoms with Crippen molar-refractivity contribution in [1.82, 2.24) is 10.2 Å². The fourth-order valence-electron chi connectivity index (χ4n) is 3.86. The maximum Gasteiger partial charge on any atom is 0.264 e. The van der Waals surface area contributed by atoms with Crippen LogP contribution in [0.2, 0.25) is 10.0 Å². The average molecular weight is 577 g/mol. The van der Waals surface area contributed by atoms with Crippen LogP contribution in [0.1, 0.15) is 31.4 Å². The minimum Gasteiger partial charge on any atom is -0.354 e. The van der Waals surface area contributed by atoms with Crippen molar-refractivity contribution < 1.29 is 18.0 Å². The highest BCUT2D eigenvalue weighted by Crippen LogP contribution is 2.33. The number of hydrogen-bond donors (Lipinski definition) is 1. The predicted octanol–water partition coefficient (Wildman–Crippen LogP) is 5.44. The average Bonchev–Trinajstić information content (AvgIpc) is 2.91. The molecule has 0 spiro atoms. The number of amides is 2. The van der Waals surface area contributed by atoms with Crippen LogP contribution in [0.25, 0.3) is 0 Å². The molecule has 0 unspecified atom stereocenters. The summed E-state index contributed by atoms with van der Waals surface area (Å²) in [7, 11) is -4.22. The number of nitrogens with one attached hydrogen (secondary N) is 1. The Morgan fingerprint density at radius 2 is 1.63 bits per heavy atom. The molecule has 0 bridgehead atoms. The third kappa shape index (κ3) is 7.07. The summed E-state index contributed by atoms with van der Waals surface area (Å²) in [6.45, 7) is 5.47. The lowest BCUT2D eigenvalue weighted by Crippen LogP contribution is -2.51. The normalized spacial score (nSPS) is 12.0. The zero-order valence-corrected chi connectivity index (χ0v) is 23.9. The van der Waals surface area contributed by atoms with Crippen molar-refractivity contribution in [3.63, 3.8) is 0 Å². The second-order valence-corrected chi connectivity index (χ2v) is 11.5. The molecule has 3 rings (SSSR count). The minimum atomic E-state index is -4.22. The van der Waals surface area contributed by atoms with E-state index in [-0.39, 0.29) is 33.1 Å². The van der Waals surface area contributed by atoms with Crippen LogP contribution in [-0.2, 0) is 26.2 Å². The highest BCUT2D eigenvalue weighted by atomic mass is 35.5. The van der Waals surface area contributed by atoms with Crippen LogP contribution in [0.3, 0.4) is 0 Å². The first-order chi connectivity index (χ1) is 18.1. The Balaban J connectivity index is 2.06. The molecule has 0 aromatic heterocycles. The monoisotopic (exact) mass is 575 g/mol. The molecule has 7 nitrogen and oxygen atoms in total. The summed E-state index contributed by atoms with van der Waals surface area (Å²) in [4.78, 5) is 28.2. The molecule has 0 saturated heterocycles. The van der Waals surface area contributed by atoms with E-state index in [1.807, 2.05) is 38.1 Å². The van der Waals surface area contributed by atoms with Gasteiger partial charge in [-0.15, -0.1) is 0 Å². The van der Waals surface area contributed by atoms with E-state index in [1.165, 1.54) is 35.2 Å². The molecule has 38 heavy (non-hydrogen) atoms. The van der Waals surface area contributed by atoms with Crippen LogP contribution in [0.4, 0.5) is 5.69 Å². The first-order valence-electron chi connectivity index (χ1n) is 12.2. The lowest BCUT2D eigenvalue weighted by atomic mass is 10.1. The van der Waals surface area contributed by atoms with E-state index in [4.69, 9.17) is 23.2 Å². The largest absolute Gasteiger partial charge is 0.354 e. The lowest BCUT2D eigenvalue weighted by Gasteiger charge is -2.32. The topological polar surface area (TPSA) is 86.8 Å². The van der Waals surface area contributed by atoms with Gasteiger partial charge in [0, 0.05) is 18.1 Å². The zero-order valence-electron chi connectivity index (χ0n) is 21.5. The third-order valence-corrected chi connectivity index (χ3v) is 8.43. The smallest absolute Gasteiger partial charge is 0.264 e. The fraction of sp³-hybridized carbons (Fsp3) is 0.286. The molecule has 0 fully saturated rings. The summed E-state index contributed by atoms with van der Waals surface area (Å²) in [6, 6.07) is 18.9. The van der Waals surface area contributed by atoms with Gasteiger partial charge in [-0.05, 0) is 61.7 Å². The van der Waals surface area contributed by atoms with Crippen LogP contribution in [-0.4, -0.2) is 44.3 Å². The van der Waals surface area contributed by atoms with Crippen molar-refractivity contribution in [2.45, 2.75) is 44.7 Å². The molecule has 0 radical (unpaired) electrons. The Morgan fingerprint density at radius 1 is 0.974 bits per heavy atom. The second-order valence-electron chi connectivity index (χ2n) is 8.84. The van der Waals surface area contributed by atoms with E-state index in [2.05, 4.69) is 5.32 Å². The van der Waals surface area contributed by atoms with Crippen molar-refractivity contribution in [3.8, 4) is 0 Å². The van der Waals surface area contributed by atoms with Crippen LogP contribution >= 0.6 is 23.2 Å². The summed E-state index contributed by atoms with van der Waals surface area (Å²) in [6.07, 6.45) is 0.737. The molecule has 202 valence electrons. The maximum absolute atomic E-state index is 13.9. The Labute approximate surface area is 234 Å². The lowest BCUT2D eigenvalue weighted by molar-refractivity contribution is -0.139. The van der Waals surface area contributed by atoms with Crippen molar-refractivity contribution in [2.75, 3.05) is 17.4 Å². The molecular weight excluding hydrogens is 545 g/mol. The molecular formula is C28H31Cl2N3O4S. The number of hydrogen-bond acceptors (Lipinski definition) is 4. The third-order valence-electron chi connectivity index (χ3n) is 6.11. The molecule has 0 heterocycles. The first kappa shape index (κ1) is 29.5. The zero-order chi connectivity index (χ0) is 27.9. The molecule has 2 amide bonds. The molecule has 0 aliphatic heterocycles. The van der Waals surface area contributed by atoms with Gasteiger partial charge in [-0.1, -0.05) is 72.6 Å². The Bertz CT molecular complexity index is 1380. The van der Waals surface area contributed by atoms with Crippen molar-refractivity contribution in [1.29, 1.82) is 0 Å². The van der Waals surface area contributed by atoms with Crippen LogP contribution < -0.4 is 9.62 Å². The van der Waals surface area contributed by atoms with Crippen molar-refractivity contribution >= 4 is 50.7 Å². The number of carbonyl (C=O) groups is 2. The summed E-state index contributed by atoms with van der Waals surface area (Å²) >= 11 is 12.6. The maximum atomic E-state index is 13.9. The van der Waals surface area contributed by atoms with Crippen LogP contribution in [0.15, 0.2) is 77.7 Å². The SMILES string of the molecule is CCCNC(=O)[C@H](C)N(Cc1ccccc1C)C(=O)CN(c1cc(Cl)ccc1Cl)S(=O)(=O)c1ccccc1. The van der Waals surface area contributed by atoms with Crippen LogP contribution in [0.5, 0.6) is 0 Å². The molecule has 0 saturated carbocycles. The van der Waals surface area contributed by atoms with E-state index >= 15 is 0 Å². The summed E-state index contributed by atoms with van der Waals surface area (Å²) in [5.74, 6) is -0.894. The van der Waals surface area contributed by atoms with E-state index < -0.39 is 28.5 Å². The Hall–Kier alpha value is -3.07. The summed E-state index contributed by atoms with van der Waals surface area (Å²) in [5.41, 5.74) is 1.85. The molecule has 0 aliphatic carbocycles. The van der Waals surface area contributed by atoms with Gasteiger partial charge in [0.1, 0.15) is 12.6 Å². The molecule has 3 aromatic carbocycles. The molecule has 0 aliphatic rings. The van der Waals surface area contributed by atoms with Gasteiger partial charge in [0.05, 0.1) is 15.6 Å². The Morgan fingerprint density at radius 3 is 2.29 bits per heavy atom. The van der Waals surface area contributed by atoms with Gasteiger partial charge in [-0.3, -0.25) is 13.9 Å². The number of rotatable bonds is 11. The second kappa shape index (κ2) is 13.1. The molecule has 3 aromatic rings. The first-order valence-corrected chi connectivity index (χ1v) is 14.4. The van der Waals surface area contributed by atoms with E-state index in [1.54, 1.807) is 25.1 Å². The van der Waals surface area contributed by atoms with Crippen LogP contribution in [0, 0.1) is 6.92 Å². The van der Waals surface area contributed by atoms with E-state index in [0.717, 1.165) is 21.9 Å². The van der Waals surface area contributed by atoms with Crippen molar-refractivity contribution in [3.05, 3.63) is 94.0 Å². The standard InChI is InChI=1S/C28H31Cl2N3O4S/c1-4-16-31-28(35)21(3)32(18-22-11-9-8-10-20(22)2)27(34)19-33(26-17-23(29)14-15-25(26)30)38(36,37)24-12-6-5-7-13-24/h5-15,17,21H,4,16,18-19H2,1-3H3,(H,31,35)/t21-/m0/s1.